The van der Waals surface area contributed by atoms with Crippen LogP contribution in [0.25, 0.3) is 0 Å². The topological polar surface area (TPSA) is 70.2 Å². The van der Waals surface area contributed by atoms with Crippen LogP contribution in [-0.4, -0.2) is 47.5 Å². The second-order valence-corrected chi connectivity index (χ2v) is 7.66. The molecular formula is C20H21N3O4S. The summed E-state index contributed by atoms with van der Waals surface area (Å²) in [6, 6.07) is 10.4. The van der Waals surface area contributed by atoms with Crippen LogP contribution in [0.2, 0.25) is 0 Å². The molecule has 0 saturated carbocycles. The molecule has 4 rings (SSSR count). The Morgan fingerprint density at radius 3 is 2.68 bits per heavy atom. The molecule has 0 spiro atoms. The molecule has 4 amide bonds. The van der Waals surface area contributed by atoms with E-state index in [4.69, 9.17) is 4.74 Å². The van der Waals surface area contributed by atoms with Gasteiger partial charge in [-0.2, -0.15) is 0 Å². The number of carbonyl (C=O) groups is 3. The Morgan fingerprint density at radius 1 is 1.11 bits per heavy atom. The number of hydrogen-bond acceptors (Lipinski definition) is 6. The monoisotopic (exact) mass is 399 g/mol. The largest absolute Gasteiger partial charge is 0.492 e. The normalized spacial score (nSPS) is 20.5. The average molecular weight is 399 g/mol. The lowest BCUT2D eigenvalue weighted by Gasteiger charge is -2.27. The lowest BCUT2D eigenvalue weighted by Crippen LogP contribution is -2.42. The summed E-state index contributed by atoms with van der Waals surface area (Å²) in [6.07, 6.45) is 1.96. The highest BCUT2D eigenvalue weighted by Crippen LogP contribution is 2.36. The Bertz CT molecular complexity index is 899. The summed E-state index contributed by atoms with van der Waals surface area (Å²) in [5.74, 6) is -1.24. The van der Waals surface area contributed by atoms with E-state index in [0.29, 0.717) is 18.0 Å². The van der Waals surface area contributed by atoms with Crippen molar-refractivity contribution < 1.29 is 19.1 Å². The van der Waals surface area contributed by atoms with E-state index in [2.05, 4.69) is 11.0 Å². The van der Waals surface area contributed by atoms with Crippen molar-refractivity contribution in [2.75, 3.05) is 24.7 Å². The minimum absolute atomic E-state index is 0.110. The summed E-state index contributed by atoms with van der Waals surface area (Å²) >= 11 is 1.66. The molecule has 2 aliphatic rings. The van der Waals surface area contributed by atoms with Crippen LogP contribution in [0.3, 0.4) is 0 Å². The molecular weight excluding hydrogens is 378 g/mol. The number of likely N-dealkylation sites (tertiary alicyclic amines) is 1. The zero-order chi connectivity index (χ0) is 19.7. The predicted molar refractivity (Wildman–Crippen MR) is 105 cm³/mol. The summed E-state index contributed by atoms with van der Waals surface area (Å²) in [7, 11) is 0. The summed E-state index contributed by atoms with van der Waals surface area (Å²) in [6.45, 7) is 3.10. The van der Waals surface area contributed by atoms with E-state index in [1.165, 1.54) is 4.88 Å². The van der Waals surface area contributed by atoms with Gasteiger partial charge in [-0.05, 0) is 43.3 Å². The van der Waals surface area contributed by atoms with Crippen LogP contribution in [0.15, 0.2) is 41.8 Å². The van der Waals surface area contributed by atoms with Crippen LogP contribution in [0, 0.1) is 0 Å². The maximum Gasteiger partial charge on any atom is 0.340 e. The van der Waals surface area contributed by atoms with Gasteiger partial charge in [-0.3, -0.25) is 14.5 Å². The molecule has 28 heavy (non-hydrogen) atoms. The molecule has 0 N–H and O–H groups in total. The van der Waals surface area contributed by atoms with Crippen molar-refractivity contribution in [3.8, 4) is 5.75 Å². The van der Waals surface area contributed by atoms with Crippen molar-refractivity contribution >= 4 is 34.9 Å². The molecule has 0 bridgehead atoms. The Labute approximate surface area is 167 Å². The molecule has 2 fully saturated rings. The van der Waals surface area contributed by atoms with E-state index in [-0.39, 0.29) is 12.7 Å². The van der Waals surface area contributed by atoms with Gasteiger partial charge in [-0.25, -0.2) is 14.6 Å². The molecule has 1 aromatic heterocycles. The second-order valence-electron chi connectivity index (χ2n) is 6.68. The van der Waals surface area contributed by atoms with Crippen molar-refractivity contribution in [2.24, 2.45) is 0 Å². The van der Waals surface area contributed by atoms with E-state index in [0.717, 1.165) is 29.2 Å². The van der Waals surface area contributed by atoms with Gasteiger partial charge in [0.05, 0.1) is 19.0 Å². The van der Waals surface area contributed by atoms with Gasteiger partial charge >= 0.3 is 17.8 Å². The summed E-state index contributed by atoms with van der Waals surface area (Å²) in [5.41, 5.74) is 0.298. The van der Waals surface area contributed by atoms with Crippen molar-refractivity contribution in [1.82, 2.24) is 9.80 Å². The molecule has 3 heterocycles. The first-order valence-electron chi connectivity index (χ1n) is 9.31. The van der Waals surface area contributed by atoms with Gasteiger partial charge in [0.25, 0.3) is 0 Å². The first-order chi connectivity index (χ1) is 13.6. The lowest BCUT2D eigenvalue weighted by molar-refractivity contribution is -0.140. The van der Waals surface area contributed by atoms with Crippen molar-refractivity contribution in [1.29, 1.82) is 0 Å². The summed E-state index contributed by atoms with van der Waals surface area (Å²) in [5, 5.41) is 2.02. The fourth-order valence-electron chi connectivity index (χ4n) is 3.74. The third-order valence-electron chi connectivity index (χ3n) is 5.02. The minimum Gasteiger partial charge on any atom is -0.492 e. The van der Waals surface area contributed by atoms with Crippen molar-refractivity contribution in [2.45, 2.75) is 25.8 Å². The van der Waals surface area contributed by atoms with Gasteiger partial charge in [0.1, 0.15) is 5.75 Å². The van der Waals surface area contributed by atoms with Gasteiger partial charge in [0, 0.05) is 17.5 Å². The van der Waals surface area contributed by atoms with Crippen LogP contribution in [0.1, 0.15) is 30.7 Å². The Morgan fingerprint density at radius 2 is 1.93 bits per heavy atom. The molecule has 2 aromatic rings. The smallest absolute Gasteiger partial charge is 0.340 e. The zero-order valence-electron chi connectivity index (χ0n) is 15.5. The van der Waals surface area contributed by atoms with E-state index in [1.54, 1.807) is 35.6 Å². The number of nitrogens with zero attached hydrogens (tertiary/aromatic N) is 3. The fraction of sp³-hybridized carbons (Fsp3) is 0.350. The number of imide groups is 2. The predicted octanol–water partition coefficient (Wildman–Crippen LogP) is 3.24. The molecule has 2 saturated heterocycles. The third kappa shape index (κ3) is 3.18. The molecule has 0 aliphatic carbocycles. The minimum atomic E-state index is -0.843. The van der Waals surface area contributed by atoms with Crippen LogP contribution in [0.5, 0.6) is 5.75 Å². The van der Waals surface area contributed by atoms with E-state index in [1.807, 2.05) is 18.4 Å². The van der Waals surface area contributed by atoms with Crippen LogP contribution in [0.4, 0.5) is 10.5 Å². The number of ether oxygens (including phenoxy) is 1. The first kappa shape index (κ1) is 18.6. The van der Waals surface area contributed by atoms with Crippen LogP contribution in [-0.2, 0) is 9.59 Å². The molecule has 0 radical (unpaired) electrons. The van der Waals surface area contributed by atoms with Crippen molar-refractivity contribution in [3.63, 3.8) is 0 Å². The number of rotatable bonds is 6. The average Bonchev–Trinajstić information content (AvgIpc) is 3.41. The second kappa shape index (κ2) is 7.73. The molecule has 1 aromatic carbocycles. The number of amides is 4. The maximum atomic E-state index is 13.0. The van der Waals surface area contributed by atoms with Crippen LogP contribution >= 0.6 is 11.3 Å². The maximum absolute atomic E-state index is 13.0. The van der Waals surface area contributed by atoms with Gasteiger partial charge in [0.15, 0.2) is 0 Å². The fourth-order valence-corrected chi connectivity index (χ4v) is 4.64. The Hall–Kier alpha value is -2.71. The number of hydrogen-bond donors (Lipinski definition) is 0. The molecule has 2 aliphatic heterocycles. The zero-order valence-corrected chi connectivity index (χ0v) is 16.4. The molecule has 7 nitrogen and oxygen atoms in total. The highest BCUT2D eigenvalue weighted by molar-refractivity contribution is 7.10. The molecule has 1 atom stereocenters. The highest BCUT2D eigenvalue weighted by atomic mass is 32.1. The van der Waals surface area contributed by atoms with Gasteiger partial charge in [-0.1, -0.05) is 18.2 Å². The standard InChI is InChI=1S/C20H21N3O4S/c1-2-27-16-9-4-3-7-14(16)23-19(25)18(24)22(20(23)26)13-21-11-5-8-15(21)17-10-6-12-28-17/h3-4,6-7,9-10,12,15H,2,5,8,11,13H2,1H3/t15-/m1/s1. The number of thiophene rings is 1. The van der Waals surface area contributed by atoms with Gasteiger partial charge in [-0.15, -0.1) is 11.3 Å². The number of anilines is 1. The van der Waals surface area contributed by atoms with E-state index in [9.17, 15) is 14.4 Å². The van der Waals surface area contributed by atoms with Crippen LogP contribution < -0.4 is 9.64 Å². The Balaban J connectivity index is 1.58. The molecule has 0 unspecified atom stereocenters. The summed E-state index contributed by atoms with van der Waals surface area (Å²) < 4.78 is 5.53. The SMILES string of the molecule is CCOc1ccccc1N1C(=O)C(=O)N(CN2CCC[C@@H]2c2cccs2)C1=O. The van der Waals surface area contributed by atoms with E-state index < -0.39 is 17.8 Å². The number of benzene rings is 1. The molecule has 8 heteroatoms. The number of para-hydroxylation sites is 2. The highest BCUT2D eigenvalue weighted by Gasteiger charge is 2.47. The first-order valence-corrected chi connectivity index (χ1v) is 10.2. The number of carbonyl (C=O) groups excluding carboxylic acids is 3. The van der Waals surface area contributed by atoms with Crippen molar-refractivity contribution in [3.05, 3.63) is 46.7 Å². The summed E-state index contributed by atoms with van der Waals surface area (Å²) in [4.78, 5) is 43.5. The Kier molecular flexibility index (Phi) is 5.15. The van der Waals surface area contributed by atoms with Gasteiger partial charge < -0.3 is 4.74 Å². The third-order valence-corrected chi connectivity index (χ3v) is 5.99. The number of urea groups is 1. The quantitative estimate of drug-likeness (QED) is 0.551. The van der Waals surface area contributed by atoms with E-state index >= 15 is 0 Å². The molecule has 146 valence electrons. The lowest BCUT2D eigenvalue weighted by atomic mass is 10.2. The van der Waals surface area contributed by atoms with Gasteiger partial charge in [0.2, 0.25) is 0 Å².